The van der Waals surface area contributed by atoms with E-state index < -0.39 is 6.17 Å². The molecule has 10 aromatic rings. The number of rotatable bonds is 6. The molecule has 7 aromatic carbocycles. The van der Waals surface area contributed by atoms with E-state index in [2.05, 4.69) is 108 Å². The fourth-order valence-electron chi connectivity index (χ4n) is 7.27. The zero-order valence-corrected chi connectivity index (χ0v) is 29.1. The van der Waals surface area contributed by atoms with Crippen LogP contribution in [-0.2, 0) is 6.54 Å². The maximum absolute atomic E-state index is 6.82. The molecule has 4 nitrogen and oxygen atoms in total. The monoisotopic (exact) mass is 693 g/mol. The van der Waals surface area contributed by atoms with Crippen LogP contribution in [0.15, 0.2) is 161 Å². The van der Waals surface area contributed by atoms with E-state index in [1.807, 2.05) is 71.2 Å². The van der Waals surface area contributed by atoms with Crippen LogP contribution < -0.4 is 11.1 Å². The summed E-state index contributed by atoms with van der Waals surface area (Å²) in [7, 11) is 0. The number of nitrogens with zero attached hydrogens (tertiary/aromatic N) is 1. The molecule has 51 heavy (non-hydrogen) atoms. The molecule has 0 spiro atoms. The zero-order valence-electron chi connectivity index (χ0n) is 27.5. The number of amidine groups is 1. The van der Waals surface area contributed by atoms with Crippen molar-refractivity contribution in [1.82, 2.24) is 5.32 Å². The molecule has 3 aromatic heterocycles. The fraction of sp³-hybridized carbons (Fsp3) is 0.0444. The van der Waals surface area contributed by atoms with E-state index in [1.165, 1.54) is 51.5 Å². The highest BCUT2D eigenvalue weighted by atomic mass is 32.1. The number of fused-ring (bicyclic) bond motifs is 9. The third-order valence-electron chi connectivity index (χ3n) is 9.78. The quantitative estimate of drug-likeness (QED) is 0.103. The zero-order chi connectivity index (χ0) is 33.9. The normalized spacial score (nSPS) is 12.9. The van der Waals surface area contributed by atoms with Gasteiger partial charge in [0.1, 0.15) is 23.2 Å². The maximum Gasteiger partial charge on any atom is 0.135 e. The first-order valence-electron chi connectivity index (χ1n) is 17.1. The van der Waals surface area contributed by atoms with Gasteiger partial charge in [-0.2, -0.15) is 0 Å². The van der Waals surface area contributed by atoms with Crippen molar-refractivity contribution in [3.05, 3.63) is 168 Å². The van der Waals surface area contributed by atoms with Gasteiger partial charge in [-0.1, -0.05) is 121 Å². The van der Waals surface area contributed by atoms with Gasteiger partial charge >= 0.3 is 0 Å². The Labute approximate surface area is 302 Å². The van der Waals surface area contributed by atoms with Crippen LogP contribution in [0.5, 0.6) is 0 Å². The van der Waals surface area contributed by atoms with E-state index in [0.29, 0.717) is 6.54 Å². The molecule has 0 saturated heterocycles. The van der Waals surface area contributed by atoms with E-state index >= 15 is 0 Å². The minimum absolute atomic E-state index is 0.462. The molecule has 3 N–H and O–H groups in total. The van der Waals surface area contributed by atoms with Gasteiger partial charge in [-0.15, -0.1) is 22.7 Å². The minimum atomic E-state index is -0.462. The first-order valence-corrected chi connectivity index (χ1v) is 18.7. The lowest BCUT2D eigenvalue weighted by molar-refractivity contribution is 0.664. The lowest BCUT2D eigenvalue weighted by Gasteiger charge is -2.18. The molecule has 0 fully saturated rings. The van der Waals surface area contributed by atoms with Crippen molar-refractivity contribution in [1.29, 1.82) is 0 Å². The standard InChI is InChI=1S/C45H31N3OS2/c46-44(29-21-23-39-37(25-29)30-12-4-6-18-38(30)49-39)48-45(28-10-2-1-3-11-28)47-26-27-20-22-32-34-15-9-17-36(43(34)51-41(32)24-27)35-16-8-14-33-31-13-5-7-19-40(31)50-42(33)35/h1-25,44H,26,46H2,(H,47,48). The highest BCUT2D eigenvalue weighted by Gasteiger charge is 2.17. The summed E-state index contributed by atoms with van der Waals surface area (Å²) in [5.74, 6) is 0.760. The van der Waals surface area contributed by atoms with Gasteiger partial charge in [0.2, 0.25) is 0 Å². The van der Waals surface area contributed by atoms with Gasteiger partial charge < -0.3 is 15.5 Å². The van der Waals surface area contributed by atoms with Gasteiger partial charge in [0.05, 0.1) is 6.54 Å². The topological polar surface area (TPSA) is 63.5 Å². The number of nitrogens with one attached hydrogen (secondary N) is 1. The van der Waals surface area contributed by atoms with Gasteiger partial charge in [-0.05, 0) is 41.5 Å². The molecule has 0 aliphatic rings. The molecular weight excluding hydrogens is 663 g/mol. The smallest absolute Gasteiger partial charge is 0.135 e. The summed E-state index contributed by atoms with van der Waals surface area (Å²) in [5, 5.41) is 10.9. The first-order chi connectivity index (χ1) is 25.2. The lowest BCUT2D eigenvalue weighted by atomic mass is 10.0. The van der Waals surface area contributed by atoms with E-state index in [4.69, 9.17) is 15.1 Å². The molecule has 0 aliphatic heterocycles. The van der Waals surface area contributed by atoms with Crippen molar-refractivity contribution in [2.75, 3.05) is 0 Å². The number of benzene rings is 7. The Hall–Kier alpha value is -5.79. The van der Waals surface area contributed by atoms with Crippen LogP contribution in [0.1, 0.15) is 22.9 Å². The second kappa shape index (κ2) is 12.2. The molecule has 0 amide bonds. The highest BCUT2D eigenvalue weighted by molar-refractivity contribution is 7.27. The van der Waals surface area contributed by atoms with Crippen LogP contribution in [0.4, 0.5) is 0 Å². The van der Waals surface area contributed by atoms with Crippen molar-refractivity contribution in [3.8, 4) is 11.1 Å². The molecular formula is C45H31N3OS2. The first kappa shape index (κ1) is 30.1. The van der Waals surface area contributed by atoms with Crippen LogP contribution in [0.25, 0.3) is 73.4 Å². The van der Waals surface area contributed by atoms with Crippen LogP contribution in [-0.4, -0.2) is 5.84 Å². The SMILES string of the molecule is NC(N/C(=N\Cc1ccc2c(c1)sc1c(-c3cccc4c3sc3ccccc34)cccc12)c1ccccc1)c1ccc2oc3ccccc3c2c1. The largest absolute Gasteiger partial charge is 0.456 e. The molecule has 244 valence electrons. The predicted molar refractivity (Wildman–Crippen MR) is 218 cm³/mol. The van der Waals surface area contributed by atoms with Crippen molar-refractivity contribution >= 4 is 90.8 Å². The summed E-state index contributed by atoms with van der Waals surface area (Å²) >= 11 is 3.75. The fourth-order valence-corrected chi connectivity index (χ4v) is 9.79. The Balaban J connectivity index is 0.994. The Morgan fingerprint density at radius 2 is 1.22 bits per heavy atom. The summed E-state index contributed by atoms with van der Waals surface area (Å²) in [5.41, 5.74) is 14.2. The van der Waals surface area contributed by atoms with Crippen LogP contribution in [0.2, 0.25) is 0 Å². The van der Waals surface area contributed by atoms with Crippen molar-refractivity contribution in [2.45, 2.75) is 12.7 Å². The molecule has 3 heterocycles. The van der Waals surface area contributed by atoms with Gasteiger partial charge in [-0.25, -0.2) is 0 Å². The van der Waals surface area contributed by atoms with Crippen LogP contribution in [0.3, 0.4) is 0 Å². The third kappa shape index (κ3) is 5.19. The van der Waals surface area contributed by atoms with Gasteiger partial charge in [0, 0.05) is 67.8 Å². The maximum atomic E-state index is 6.82. The molecule has 1 atom stereocenters. The van der Waals surface area contributed by atoms with Crippen molar-refractivity contribution in [2.24, 2.45) is 10.7 Å². The Morgan fingerprint density at radius 1 is 0.569 bits per heavy atom. The van der Waals surface area contributed by atoms with Crippen LogP contribution >= 0.6 is 22.7 Å². The summed E-state index contributed by atoms with van der Waals surface area (Å²) < 4.78 is 11.3. The summed E-state index contributed by atoms with van der Waals surface area (Å²) in [6.45, 7) is 0.521. The minimum Gasteiger partial charge on any atom is -0.456 e. The second-order valence-corrected chi connectivity index (χ2v) is 15.0. The highest BCUT2D eigenvalue weighted by Crippen LogP contribution is 2.45. The number of aliphatic imine (C=N–C) groups is 1. The van der Waals surface area contributed by atoms with Gasteiger partial charge in [0.25, 0.3) is 0 Å². The predicted octanol–water partition coefficient (Wildman–Crippen LogP) is 12.2. The average Bonchev–Trinajstić information content (AvgIpc) is 3.87. The van der Waals surface area contributed by atoms with Crippen molar-refractivity contribution < 1.29 is 4.42 Å². The third-order valence-corrected chi connectivity index (χ3v) is 12.2. The molecule has 0 aliphatic carbocycles. The van der Waals surface area contributed by atoms with Gasteiger partial charge in [-0.3, -0.25) is 4.99 Å². The van der Waals surface area contributed by atoms with Crippen molar-refractivity contribution in [3.63, 3.8) is 0 Å². The van der Waals surface area contributed by atoms with E-state index in [9.17, 15) is 0 Å². The average molecular weight is 694 g/mol. The summed E-state index contributed by atoms with van der Waals surface area (Å²) in [6.07, 6.45) is -0.462. The Morgan fingerprint density at radius 3 is 2.02 bits per heavy atom. The molecule has 1 unspecified atom stereocenters. The van der Waals surface area contributed by atoms with E-state index in [-0.39, 0.29) is 0 Å². The molecule has 0 radical (unpaired) electrons. The number of furan rings is 1. The number of hydrogen-bond acceptors (Lipinski definition) is 5. The molecule has 10 rings (SSSR count). The summed E-state index contributed by atoms with van der Waals surface area (Å²) in [4.78, 5) is 5.13. The van der Waals surface area contributed by atoms with Gasteiger partial charge in [0.15, 0.2) is 0 Å². The Kier molecular flexibility index (Phi) is 7.20. The molecule has 0 saturated carbocycles. The summed E-state index contributed by atoms with van der Waals surface area (Å²) in [6, 6.07) is 53.4. The number of nitrogens with two attached hydrogens (primary N) is 1. The Bertz CT molecular complexity index is 2950. The number of hydrogen-bond donors (Lipinski definition) is 2. The molecule has 0 bridgehead atoms. The number of thiophene rings is 2. The van der Waals surface area contributed by atoms with E-state index in [1.54, 1.807) is 0 Å². The second-order valence-electron chi connectivity index (χ2n) is 12.9. The molecule has 6 heteroatoms. The van der Waals surface area contributed by atoms with E-state index in [0.717, 1.165) is 44.5 Å². The number of para-hydroxylation sites is 1. The lowest BCUT2D eigenvalue weighted by Crippen LogP contribution is -2.34. The van der Waals surface area contributed by atoms with Crippen LogP contribution in [0, 0.1) is 0 Å².